The maximum atomic E-state index is 12.0. The molecular formula is C19H27N5O. The molecule has 25 heavy (non-hydrogen) atoms. The number of aromatic nitrogens is 2. The molecule has 3 rings (SSSR count). The first-order valence-corrected chi connectivity index (χ1v) is 9.04. The third-order valence-corrected chi connectivity index (χ3v) is 4.59. The van der Waals surface area contributed by atoms with Crippen LogP contribution in [-0.4, -0.2) is 35.4 Å². The molecule has 6 nitrogen and oxygen atoms in total. The van der Waals surface area contributed by atoms with Crippen LogP contribution in [-0.2, 0) is 20.0 Å². The topological polar surface area (TPSA) is 62.2 Å². The van der Waals surface area contributed by atoms with E-state index in [0.29, 0.717) is 13.1 Å². The molecule has 1 fully saturated rings. The first kappa shape index (κ1) is 17.3. The fourth-order valence-electron chi connectivity index (χ4n) is 3.26. The molecule has 6 heteroatoms. The van der Waals surface area contributed by atoms with E-state index in [9.17, 15) is 4.79 Å². The molecule has 0 spiro atoms. The van der Waals surface area contributed by atoms with Crippen LogP contribution in [0.5, 0.6) is 0 Å². The summed E-state index contributed by atoms with van der Waals surface area (Å²) in [6.45, 7) is 3.36. The normalized spacial score (nSPS) is 14.4. The molecule has 2 N–H and O–H groups in total. The molecule has 0 radical (unpaired) electrons. The molecule has 2 amide bonds. The predicted molar refractivity (Wildman–Crippen MR) is 99.7 cm³/mol. The Morgan fingerprint density at radius 1 is 1.16 bits per heavy atom. The van der Waals surface area contributed by atoms with Crippen molar-refractivity contribution in [3.63, 3.8) is 0 Å². The van der Waals surface area contributed by atoms with Gasteiger partial charge < -0.3 is 15.5 Å². The van der Waals surface area contributed by atoms with E-state index in [2.05, 4.69) is 38.8 Å². The summed E-state index contributed by atoms with van der Waals surface area (Å²) in [4.78, 5) is 14.5. The minimum absolute atomic E-state index is 0.127. The van der Waals surface area contributed by atoms with Gasteiger partial charge in [-0.05, 0) is 42.9 Å². The van der Waals surface area contributed by atoms with Crippen LogP contribution < -0.4 is 15.5 Å². The lowest BCUT2D eigenvalue weighted by Gasteiger charge is -2.30. The van der Waals surface area contributed by atoms with Crippen LogP contribution >= 0.6 is 0 Å². The van der Waals surface area contributed by atoms with Crippen LogP contribution in [0, 0.1) is 0 Å². The van der Waals surface area contributed by atoms with E-state index in [-0.39, 0.29) is 6.03 Å². The van der Waals surface area contributed by atoms with Crippen molar-refractivity contribution < 1.29 is 4.79 Å². The van der Waals surface area contributed by atoms with Crippen molar-refractivity contribution in [3.8, 4) is 0 Å². The lowest BCUT2D eigenvalue weighted by molar-refractivity contribution is 0.240. The zero-order valence-corrected chi connectivity index (χ0v) is 14.9. The number of urea groups is 1. The number of nitrogens with one attached hydrogen (secondary N) is 2. The van der Waals surface area contributed by atoms with Crippen molar-refractivity contribution in [1.82, 2.24) is 20.4 Å². The van der Waals surface area contributed by atoms with Gasteiger partial charge in [0.15, 0.2) is 0 Å². The Morgan fingerprint density at radius 2 is 1.96 bits per heavy atom. The fraction of sp³-hybridized carbons (Fsp3) is 0.474. The lowest BCUT2D eigenvalue weighted by atomic mass is 10.1. The maximum absolute atomic E-state index is 12.0. The van der Waals surface area contributed by atoms with Gasteiger partial charge in [0.2, 0.25) is 0 Å². The zero-order chi connectivity index (χ0) is 17.5. The third-order valence-electron chi connectivity index (χ3n) is 4.59. The summed E-state index contributed by atoms with van der Waals surface area (Å²) in [7, 11) is 1.89. The fourth-order valence-corrected chi connectivity index (χ4v) is 3.26. The smallest absolute Gasteiger partial charge is 0.315 e. The maximum Gasteiger partial charge on any atom is 0.315 e. The quantitative estimate of drug-likeness (QED) is 0.848. The van der Waals surface area contributed by atoms with Crippen molar-refractivity contribution in [3.05, 3.63) is 47.8 Å². The number of hydrogen-bond donors (Lipinski definition) is 2. The molecule has 134 valence electrons. The molecule has 1 aromatic heterocycles. The monoisotopic (exact) mass is 341 g/mol. The van der Waals surface area contributed by atoms with E-state index in [1.165, 1.54) is 30.5 Å². The van der Waals surface area contributed by atoms with Gasteiger partial charge in [-0.25, -0.2) is 4.79 Å². The Hall–Kier alpha value is -2.50. The predicted octanol–water partition coefficient (Wildman–Crippen LogP) is 2.45. The van der Waals surface area contributed by atoms with E-state index in [0.717, 1.165) is 25.1 Å². The number of hydrogen-bond acceptors (Lipinski definition) is 3. The molecule has 0 unspecified atom stereocenters. The number of rotatable bonds is 6. The van der Waals surface area contributed by atoms with E-state index in [1.807, 2.05) is 25.5 Å². The molecule has 1 saturated heterocycles. The molecule has 1 aliphatic heterocycles. The van der Waals surface area contributed by atoms with Crippen LogP contribution in [0.25, 0.3) is 0 Å². The number of nitrogens with zero attached hydrogens (tertiary/aromatic N) is 3. The highest BCUT2D eigenvalue weighted by atomic mass is 16.2. The Balaban J connectivity index is 1.47. The summed E-state index contributed by atoms with van der Waals surface area (Å²) in [6.07, 6.45) is 8.39. The molecule has 0 bridgehead atoms. The Kier molecular flexibility index (Phi) is 5.93. The molecule has 1 aromatic carbocycles. The van der Waals surface area contributed by atoms with Crippen LogP contribution in [0.3, 0.4) is 0 Å². The summed E-state index contributed by atoms with van der Waals surface area (Å²) < 4.78 is 1.77. The lowest BCUT2D eigenvalue weighted by Crippen LogP contribution is -2.37. The summed E-state index contributed by atoms with van der Waals surface area (Å²) >= 11 is 0. The van der Waals surface area contributed by atoms with Gasteiger partial charge in [-0.3, -0.25) is 4.68 Å². The minimum atomic E-state index is -0.127. The first-order valence-electron chi connectivity index (χ1n) is 9.04. The molecule has 0 atom stereocenters. The number of carbonyl (C=O) groups excluding carboxylic acids is 1. The molecule has 2 heterocycles. The summed E-state index contributed by atoms with van der Waals surface area (Å²) in [6, 6.07) is 8.23. The number of anilines is 1. The molecule has 1 aliphatic rings. The van der Waals surface area contributed by atoms with E-state index >= 15 is 0 Å². The highest BCUT2D eigenvalue weighted by Gasteiger charge is 2.14. The SMILES string of the molecule is Cn1cc(CCNC(=O)NCc2ccccc2N2CCCCC2)cn1. The molecule has 0 aliphatic carbocycles. The largest absolute Gasteiger partial charge is 0.371 e. The third kappa shape index (κ3) is 4.98. The zero-order valence-electron chi connectivity index (χ0n) is 14.9. The van der Waals surface area contributed by atoms with Crippen molar-refractivity contribution in [1.29, 1.82) is 0 Å². The standard InChI is InChI=1S/C19H27N5O/c1-23-15-16(13-22-23)9-10-20-19(25)21-14-17-7-3-4-8-18(17)24-11-5-2-6-12-24/h3-4,7-8,13,15H,2,5-6,9-12,14H2,1H3,(H2,20,21,25). The van der Waals surface area contributed by atoms with Crippen LogP contribution in [0.2, 0.25) is 0 Å². The summed E-state index contributed by atoms with van der Waals surface area (Å²) in [5.74, 6) is 0. The molecule has 0 saturated carbocycles. The van der Waals surface area contributed by atoms with Crippen LogP contribution in [0.1, 0.15) is 30.4 Å². The Bertz CT molecular complexity index is 691. The second kappa shape index (κ2) is 8.55. The minimum Gasteiger partial charge on any atom is -0.371 e. The Morgan fingerprint density at radius 3 is 2.72 bits per heavy atom. The van der Waals surface area contributed by atoms with Crippen molar-refractivity contribution in [2.45, 2.75) is 32.2 Å². The number of carbonyl (C=O) groups is 1. The van der Waals surface area contributed by atoms with Gasteiger partial charge in [0, 0.05) is 45.1 Å². The highest BCUT2D eigenvalue weighted by molar-refractivity contribution is 5.74. The van der Waals surface area contributed by atoms with Crippen LogP contribution in [0.4, 0.5) is 10.5 Å². The van der Waals surface area contributed by atoms with Crippen molar-refractivity contribution >= 4 is 11.7 Å². The average molecular weight is 341 g/mol. The Labute approximate surface area is 149 Å². The van der Waals surface area contributed by atoms with Gasteiger partial charge in [-0.1, -0.05) is 18.2 Å². The number of benzene rings is 1. The first-order chi connectivity index (χ1) is 12.2. The second-order valence-electron chi connectivity index (χ2n) is 6.56. The van der Waals surface area contributed by atoms with Crippen molar-refractivity contribution in [2.75, 3.05) is 24.5 Å². The van der Waals surface area contributed by atoms with Gasteiger partial charge in [0.05, 0.1) is 6.20 Å². The number of amides is 2. The number of aryl methyl sites for hydroxylation is 1. The molecule has 2 aromatic rings. The van der Waals surface area contributed by atoms with Crippen LogP contribution in [0.15, 0.2) is 36.7 Å². The van der Waals surface area contributed by atoms with Gasteiger partial charge in [0.1, 0.15) is 0 Å². The van der Waals surface area contributed by atoms with E-state index in [4.69, 9.17) is 0 Å². The number of piperidine rings is 1. The second-order valence-corrected chi connectivity index (χ2v) is 6.56. The number of para-hydroxylation sites is 1. The van der Waals surface area contributed by atoms with Gasteiger partial charge in [-0.15, -0.1) is 0 Å². The van der Waals surface area contributed by atoms with Gasteiger partial charge in [-0.2, -0.15) is 5.10 Å². The van der Waals surface area contributed by atoms with Gasteiger partial charge in [0.25, 0.3) is 0 Å². The van der Waals surface area contributed by atoms with Crippen molar-refractivity contribution in [2.24, 2.45) is 7.05 Å². The average Bonchev–Trinajstić information content (AvgIpc) is 3.06. The summed E-state index contributed by atoms with van der Waals surface area (Å²) in [5, 5.41) is 10.0. The van der Waals surface area contributed by atoms with E-state index < -0.39 is 0 Å². The summed E-state index contributed by atoms with van der Waals surface area (Å²) in [5.41, 5.74) is 3.54. The van der Waals surface area contributed by atoms with Gasteiger partial charge >= 0.3 is 6.03 Å². The highest BCUT2D eigenvalue weighted by Crippen LogP contribution is 2.23. The molecular weight excluding hydrogens is 314 g/mol. The van der Waals surface area contributed by atoms with E-state index in [1.54, 1.807) is 4.68 Å².